The van der Waals surface area contributed by atoms with Crippen LogP contribution in [0.5, 0.6) is 0 Å². The van der Waals surface area contributed by atoms with Crippen molar-refractivity contribution in [2.45, 2.75) is 0 Å². The van der Waals surface area contributed by atoms with Crippen LogP contribution in [0.3, 0.4) is 0 Å². The summed E-state index contributed by atoms with van der Waals surface area (Å²) in [6, 6.07) is 3.49. The molecule has 17 heavy (non-hydrogen) atoms. The van der Waals surface area contributed by atoms with Gasteiger partial charge >= 0.3 is 11.1 Å². The number of nitrogens with one attached hydrogen (secondary N) is 1. The lowest BCUT2D eigenvalue weighted by molar-refractivity contribution is -0.384. The lowest BCUT2D eigenvalue weighted by Gasteiger charge is -2.00. The molecule has 0 saturated heterocycles. The van der Waals surface area contributed by atoms with E-state index in [4.69, 9.17) is 5.26 Å². The number of fused-ring (bicyclic) bond motifs is 1. The minimum Gasteiger partial charge on any atom is -0.316 e. The predicted molar refractivity (Wildman–Crippen MR) is 56.5 cm³/mol. The maximum atomic E-state index is 11.3. The third kappa shape index (κ3) is 1.55. The van der Waals surface area contributed by atoms with E-state index >= 15 is 0 Å². The summed E-state index contributed by atoms with van der Waals surface area (Å²) in [6.07, 6.45) is 1.51. The smallest absolute Gasteiger partial charge is 0.316 e. The number of nitrogens with zero attached hydrogens (tertiary/aromatic N) is 3. The number of rotatable bonds is 1. The molecule has 0 amide bonds. The molecule has 1 aromatic heterocycles. The van der Waals surface area contributed by atoms with Crippen LogP contribution in [0.25, 0.3) is 11.0 Å². The summed E-state index contributed by atoms with van der Waals surface area (Å²) in [7, 11) is 0. The summed E-state index contributed by atoms with van der Waals surface area (Å²) in [5.74, 6) is 0. The molecule has 8 nitrogen and oxygen atoms in total. The predicted octanol–water partition coefficient (Wildman–Crippen LogP) is -0.0728. The van der Waals surface area contributed by atoms with Gasteiger partial charge in [0.05, 0.1) is 16.0 Å². The summed E-state index contributed by atoms with van der Waals surface area (Å²) < 4.78 is 0.515. The highest BCUT2D eigenvalue weighted by atomic mass is 16.6. The van der Waals surface area contributed by atoms with E-state index in [-0.39, 0.29) is 16.7 Å². The molecule has 0 fully saturated rings. The molecule has 1 N–H and O–H groups in total. The molecule has 2 aromatic rings. The quantitative estimate of drug-likeness (QED) is 0.418. The second-order valence-corrected chi connectivity index (χ2v) is 3.15. The number of nitro groups is 1. The fourth-order valence-electron chi connectivity index (χ4n) is 1.41. The SMILES string of the molecule is N#Cn1c(=O)c(=O)[nH]c2ccc([N+](=O)[O-])cc21. The summed E-state index contributed by atoms with van der Waals surface area (Å²) >= 11 is 0. The van der Waals surface area contributed by atoms with E-state index in [1.54, 1.807) is 0 Å². The first-order valence-corrected chi connectivity index (χ1v) is 4.38. The lowest BCUT2D eigenvalue weighted by Crippen LogP contribution is -2.34. The van der Waals surface area contributed by atoms with Crippen molar-refractivity contribution >= 4 is 16.7 Å². The van der Waals surface area contributed by atoms with Crippen molar-refractivity contribution in [3.63, 3.8) is 0 Å². The first-order chi connectivity index (χ1) is 8.04. The Bertz CT molecular complexity index is 780. The highest BCUT2D eigenvalue weighted by Gasteiger charge is 2.12. The van der Waals surface area contributed by atoms with E-state index in [1.165, 1.54) is 18.3 Å². The standard InChI is InChI=1S/C9H4N4O4/c10-4-12-7-3-5(13(16)17)1-2-6(7)11-8(14)9(12)15/h1-3H,(H,11,14). The van der Waals surface area contributed by atoms with Crippen LogP contribution in [-0.2, 0) is 0 Å². The Morgan fingerprint density at radius 3 is 2.71 bits per heavy atom. The van der Waals surface area contributed by atoms with E-state index in [1.807, 2.05) is 0 Å². The molecule has 1 heterocycles. The topological polar surface area (TPSA) is 122 Å². The van der Waals surface area contributed by atoms with Gasteiger partial charge in [-0.15, -0.1) is 0 Å². The Balaban J connectivity index is 3.00. The Kier molecular flexibility index (Phi) is 2.22. The number of nitriles is 1. The van der Waals surface area contributed by atoms with Gasteiger partial charge < -0.3 is 4.98 Å². The van der Waals surface area contributed by atoms with Gasteiger partial charge in [-0.25, -0.2) is 4.57 Å². The molecular formula is C9H4N4O4. The molecule has 8 heteroatoms. The number of H-pyrrole nitrogens is 1. The van der Waals surface area contributed by atoms with Crippen LogP contribution < -0.4 is 11.1 Å². The molecule has 84 valence electrons. The molecule has 0 bridgehead atoms. The molecule has 1 aromatic carbocycles. The van der Waals surface area contributed by atoms with Crippen molar-refractivity contribution in [1.29, 1.82) is 5.26 Å². The van der Waals surface area contributed by atoms with E-state index in [9.17, 15) is 19.7 Å². The Hall–Kier alpha value is -2.95. The summed E-state index contributed by atoms with van der Waals surface area (Å²) in [6.45, 7) is 0. The van der Waals surface area contributed by atoms with Crippen molar-refractivity contribution in [2.24, 2.45) is 0 Å². The van der Waals surface area contributed by atoms with Crippen LogP contribution in [0.15, 0.2) is 27.8 Å². The van der Waals surface area contributed by atoms with Gasteiger partial charge in [-0.1, -0.05) is 0 Å². The fraction of sp³-hybridized carbons (Fsp3) is 0. The third-order valence-corrected chi connectivity index (χ3v) is 2.18. The highest BCUT2D eigenvalue weighted by molar-refractivity contribution is 5.77. The van der Waals surface area contributed by atoms with E-state index in [0.29, 0.717) is 4.57 Å². The number of benzene rings is 1. The van der Waals surface area contributed by atoms with Gasteiger partial charge in [-0.05, 0) is 6.07 Å². The maximum Gasteiger partial charge on any atom is 0.330 e. The first kappa shape index (κ1) is 10.6. The van der Waals surface area contributed by atoms with Crippen LogP contribution in [0, 0.1) is 21.6 Å². The molecule has 0 aliphatic heterocycles. The average molecular weight is 232 g/mol. The summed E-state index contributed by atoms with van der Waals surface area (Å²) in [5, 5.41) is 19.3. The number of hydrogen-bond acceptors (Lipinski definition) is 5. The van der Waals surface area contributed by atoms with E-state index < -0.39 is 16.0 Å². The molecule has 0 saturated carbocycles. The molecular weight excluding hydrogens is 228 g/mol. The number of hydrogen-bond donors (Lipinski definition) is 1. The normalized spacial score (nSPS) is 10.1. The highest BCUT2D eigenvalue weighted by Crippen LogP contribution is 2.16. The van der Waals surface area contributed by atoms with Crippen LogP contribution >= 0.6 is 0 Å². The van der Waals surface area contributed by atoms with Crippen LogP contribution in [0.4, 0.5) is 5.69 Å². The summed E-state index contributed by atoms with van der Waals surface area (Å²) in [4.78, 5) is 34.6. The van der Waals surface area contributed by atoms with Crippen molar-refractivity contribution in [2.75, 3.05) is 0 Å². The second-order valence-electron chi connectivity index (χ2n) is 3.15. The Morgan fingerprint density at radius 2 is 2.12 bits per heavy atom. The number of aromatic nitrogens is 2. The molecule has 0 aliphatic carbocycles. The Morgan fingerprint density at radius 1 is 1.41 bits per heavy atom. The van der Waals surface area contributed by atoms with Gasteiger partial charge in [-0.2, -0.15) is 5.26 Å². The van der Waals surface area contributed by atoms with Crippen molar-refractivity contribution in [1.82, 2.24) is 9.55 Å². The van der Waals surface area contributed by atoms with Crippen LogP contribution in [0.2, 0.25) is 0 Å². The molecule has 0 spiro atoms. The Labute approximate surface area is 92.5 Å². The molecule has 2 rings (SSSR count). The van der Waals surface area contributed by atoms with Crippen molar-refractivity contribution in [3.05, 3.63) is 49.0 Å². The molecule has 0 aliphatic rings. The van der Waals surface area contributed by atoms with Crippen LogP contribution in [-0.4, -0.2) is 14.5 Å². The second kappa shape index (κ2) is 3.57. The van der Waals surface area contributed by atoms with Gasteiger partial charge in [-0.3, -0.25) is 19.7 Å². The number of nitro benzene ring substituents is 1. The zero-order valence-electron chi connectivity index (χ0n) is 8.21. The van der Waals surface area contributed by atoms with Crippen molar-refractivity contribution in [3.8, 4) is 6.19 Å². The van der Waals surface area contributed by atoms with Crippen molar-refractivity contribution < 1.29 is 4.92 Å². The summed E-state index contributed by atoms with van der Waals surface area (Å²) in [5.41, 5.74) is -2.12. The van der Waals surface area contributed by atoms with Gasteiger partial charge in [0.2, 0.25) is 0 Å². The van der Waals surface area contributed by atoms with E-state index in [0.717, 1.165) is 6.07 Å². The number of non-ortho nitro benzene ring substituents is 1. The van der Waals surface area contributed by atoms with E-state index in [2.05, 4.69) is 4.98 Å². The minimum atomic E-state index is -1.07. The minimum absolute atomic E-state index is 0.00806. The monoisotopic (exact) mass is 232 g/mol. The van der Waals surface area contributed by atoms with Gasteiger partial charge in [0.25, 0.3) is 5.69 Å². The number of aromatic amines is 1. The van der Waals surface area contributed by atoms with Crippen LogP contribution in [0.1, 0.15) is 0 Å². The van der Waals surface area contributed by atoms with Gasteiger partial charge in [0, 0.05) is 12.1 Å². The lowest BCUT2D eigenvalue weighted by atomic mass is 10.2. The zero-order valence-corrected chi connectivity index (χ0v) is 8.21. The first-order valence-electron chi connectivity index (χ1n) is 4.38. The van der Waals surface area contributed by atoms with Gasteiger partial charge in [0.15, 0.2) is 6.19 Å². The fourth-order valence-corrected chi connectivity index (χ4v) is 1.41. The largest absolute Gasteiger partial charge is 0.330 e. The third-order valence-electron chi connectivity index (χ3n) is 2.18. The zero-order chi connectivity index (χ0) is 12.6. The molecule has 0 atom stereocenters. The molecule has 0 radical (unpaired) electrons. The average Bonchev–Trinajstić information content (AvgIpc) is 2.30. The molecule has 0 unspecified atom stereocenters. The van der Waals surface area contributed by atoms with Gasteiger partial charge in [0.1, 0.15) is 0 Å². The maximum absolute atomic E-state index is 11.3.